The van der Waals surface area contributed by atoms with Crippen LogP contribution in [0.5, 0.6) is 0 Å². The molecule has 3 heteroatoms. The molecule has 0 saturated heterocycles. The smallest absolute Gasteiger partial charge is 0.162 e. The van der Waals surface area contributed by atoms with E-state index in [1.54, 1.807) is 0 Å². The second kappa shape index (κ2) is 5.57. The van der Waals surface area contributed by atoms with Crippen LogP contribution in [0.2, 0.25) is 0 Å². The van der Waals surface area contributed by atoms with Crippen LogP contribution < -0.4 is 0 Å². The first-order chi connectivity index (χ1) is 10.5. The van der Waals surface area contributed by atoms with Gasteiger partial charge in [-0.05, 0) is 63.2 Å². The Bertz CT molecular complexity index is 470. The largest absolute Gasteiger partial charge is 0.390 e. The first-order valence-corrected chi connectivity index (χ1v) is 9.24. The van der Waals surface area contributed by atoms with Gasteiger partial charge < -0.3 is 14.9 Å². The van der Waals surface area contributed by atoms with E-state index in [9.17, 15) is 10.2 Å². The van der Waals surface area contributed by atoms with Crippen LogP contribution >= 0.6 is 0 Å². The SMILES string of the molecule is CC(C)=CC(C(O)OC12CC3CC(CC(O)(C3)C1)C2)C(C)(C)C. The maximum Gasteiger partial charge on any atom is 0.162 e. The molecule has 0 aromatic heterocycles. The fourth-order valence-corrected chi connectivity index (χ4v) is 5.72. The first-order valence-electron chi connectivity index (χ1n) is 9.24. The Morgan fingerprint density at radius 1 is 1.13 bits per heavy atom. The van der Waals surface area contributed by atoms with Crippen LogP contribution in [-0.4, -0.2) is 27.7 Å². The van der Waals surface area contributed by atoms with Crippen LogP contribution in [0.4, 0.5) is 0 Å². The van der Waals surface area contributed by atoms with Crippen LogP contribution in [-0.2, 0) is 4.74 Å². The zero-order chi connectivity index (χ0) is 17.0. The molecule has 2 N–H and O–H groups in total. The standard InChI is InChI=1S/C20H34O3/c1-13(2)6-16(18(3,4)5)17(21)23-20-10-14-7-15(11-20)9-19(22,8-14)12-20/h6,14-17,21-22H,7-12H2,1-5H3. The van der Waals surface area contributed by atoms with Crippen molar-refractivity contribution in [3.63, 3.8) is 0 Å². The van der Waals surface area contributed by atoms with Crippen molar-refractivity contribution in [1.29, 1.82) is 0 Å². The van der Waals surface area contributed by atoms with Gasteiger partial charge in [0.25, 0.3) is 0 Å². The summed E-state index contributed by atoms with van der Waals surface area (Å²) in [7, 11) is 0. The molecule has 0 spiro atoms. The van der Waals surface area contributed by atoms with Crippen LogP contribution in [0.25, 0.3) is 0 Å². The third kappa shape index (κ3) is 3.52. The van der Waals surface area contributed by atoms with E-state index in [2.05, 4.69) is 40.7 Å². The summed E-state index contributed by atoms with van der Waals surface area (Å²) in [5.74, 6) is 1.12. The average Bonchev–Trinajstić information content (AvgIpc) is 2.30. The molecule has 0 aliphatic heterocycles. The van der Waals surface area contributed by atoms with E-state index in [1.807, 2.05) is 0 Å². The molecule has 4 atom stereocenters. The Morgan fingerprint density at radius 2 is 1.70 bits per heavy atom. The Labute approximate surface area is 141 Å². The predicted octanol–water partition coefficient (Wildman–Crippen LogP) is 4.03. The lowest BCUT2D eigenvalue weighted by atomic mass is 9.52. The number of hydrogen-bond donors (Lipinski definition) is 2. The number of ether oxygens (including phenoxy) is 1. The monoisotopic (exact) mass is 322 g/mol. The Balaban J connectivity index is 1.79. The summed E-state index contributed by atoms with van der Waals surface area (Å²) in [5, 5.41) is 21.7. The highest BCUT2D eigenvalue weighted by atomic mass is 16.6. The minimum absolute atomic E-state index is 0.0323. The van der Waals surface area contributed by atoms with Gasteiger partial charge in [0.2, 0.25) is 0 Å². The lowest BCUT2D eigenvalue weighted by Crippen LogP contribution is -2.61. The number of aliphatic hydroxyl groups excluding tert-OH is 1. The Hall–Kier alpha value is -0.380. The molecule has 0 aromatic carbocycles. The molecule has 4 aliphatic rings. The fraction of sp³-hybridized carbons (Fsp3) is 0.900. The summed E-state index contributed by atoms with van der Waals surface area (Å²) >= 11 is 0. The first kappa shape index (κ1) is 17.4. The molecule has 0 amide bonds. The summed E-state index contributed by atoms with van der Waals surface area (Å²) < 4.78 is 6.36. The highest BCUT2D eigenvalue weighted by Gasteiger charge is 2.58. The lowest BCUT2D eigenvalue weighted by Gasteiger charge is -2.60. The topological polar surface area (TPSA) is 49.7 Å². The molecule has 4 saturated carbocycles. The molecule has 4 bridgehead atoms. The molecule has 0 heterocycles. The summed E-state index contributed by atoms with van der Waals surface area (Å²) in [6.07, 6.45) is 7.16. The molecule has 4 rings (SSSR count). The Kier molecular flexibility index (Phi) is 4.23. The van der Waals surface area contributed by atoms with Gasteiger partial charge in [-0.2, -0.15) is 0 Å². The van der Waals surface area contributed by atoms with Crippen LogP contribution in [0, 0.1) is 23.2 Å². The van der Waals surface area contributed by atoms with E-state index in [0.29, 0.717) is 18.3 Å². The number of hydrogen-bond acceptors (Lipinski definition) is 3. The zero-order valence-corrected chi connectivity index (χ0v) is 15.4. The van der Waals surface area contributed by atoms with Gasteiger partial charge in [0.1, 0.15) is 0 Å². The van der Waals surface area contributed by atoms with Gasteiger partial charge in [-0.25, -0.2) is 0 Å². The molecule has 132 valence electrons. The molecule has 4 unspecified atom stereocenters. The van der Waals surface area contributed by atoms with Crippen molar-refractivity contribution in [3.05, 3.63) is 11.6 Å². The molecule has 4 fully saturated rings. The van der Waals surface area contributed by atoms with Crippen LogP contribution in [0.3, 0.4) is 0 Å². The zero-order valence-electron chi connectivity index (χ0n) is 15.4. The van der Waals surface area contributed by atoms with Gasteiger partial charge in [0.05, 0.1) is 11.2 Å². The average molecular weight is 322 g/mol. The van der Waals surface area contributed by atoms with Crippen molar-refractivity contribution < 1.29 is 14.9 Å². The van der Waals surface area contributed by atoms with E-state index in [0.717, 1.165) is 25.7 Å². The van der Waals surface area contributed by atoms with Gasteiger partial charge >= 0.3 is 0 Å². The summed E-state index contributed by atoms with van der Waals surface area (Å²) in [5.41, 5.74) is 0.293. The van der Waals surface area contributed by atoms with Crippen molar-refractivity contribution in [2.45, 2.75) is 90.6 Å². The maximum absolute atomic E-state index is 10.9. The van der Waals surface area contributed by atoms with E-state index in [-0.39, 0.29) is 16.9 Å². The van der Waals surface area contributed by atoms with Crippen molar-refractivity contribution in [1.82, 2.24) is 0 Å². The second-order valence-corrected chi connectivity index (χ2v) is 10.0. The van der Waals surface area contributed by atoms with Gasteiger partial charge in [-0.1, -0.05) is 32.4 Å². The highest BCUT2D eigenvalue weighted by Crippen LogP contribution is 2.59. The molecule has 0 aromatic rings. The summed E-state index contributed by atoms with van der Waals surface area (Å²) in [6.45, 7) is 10.6. The highest BCUT2D eigenvalue weighted by molar-refractivity contribution is 5.11. The minimum Gasteiger partial charge on any atom is -0.390 e. The van der Waals surface area contributed by atoms with Crippen molar-refractivity contribution in [3.8, 4) is 0 Å². The quantitative estimate of drug-likeness (QED) is 0.607. The summed E-state index contributed by atoms with van der Waals surface area (Å²) in [4.78, 5) is 0. The number of rotatable bonds is 4. The molecule has 4 aliphatic carbocycles. The minimum atomic E-state index is -0.801. The van der Waals surface area contributed by atoms with Gasteiger partial charge in [-0.3, -0.25) is 0 Å². The van der Waals surface area contributed by atoms with Gasteiger partial charge in [0, 0.05) is 12.3 Å². The second-order valence-electron chi connectivity index (χ2n) is 10.0. The maximum atomic E-state index is 10.9. The molecule has 0 radical (unpaired) electrons. The molecular weight excluding hydrogens is 288 g/mol. The Morgan fingerprint density at radius 3 is 2.13 bits per heavy atom. The fourth-order valence-electron chi connectivity index (χ4n) is 5.72. The third-order valence-corrected chi connectivity index (χ3v) is 6.17. The van der Waals surface area contributed by atoms with Crippen molar-refractivity contribution >= 4 is 0 Å². The van der Waals surface area contributed by atoms with E-state index < -0.39 is 11.9 Å². The number of allylic oxidation sites excluding steroid dienone is 1. The molecule has 23 heavy (non-hydrogen) atoms. The van der Waals surface area contributed by atoms with E-state index in [1.165, 1.54) is 12.0 Å². The van der Waals surface area contributed by atoms with Gasteiger partial charge in [0.15, 0.2) is 6.29 Å². The predicted molar refractivity (Wildman–Crippen MR) is 91.8 cm³/mol. The molecule has 3 nitrogen and oxygen atoms in total. The van der Waals surface area contributed by atoms with Crippen molar-refractivity contribution in [2.24, 2.45) is 23.2 Å². The summed E-state index contributed by atoms with van der Waals surface area (Å²) in [6, 6.07) is 0. The van der Waals surface area contributed by atoms with E-state index >= 15 is 0 Å². The lowest BCUT2D eigenvalue weighted by molar-refractivity contribution is -0.283. The van der Waals surface area contributed by atoms with Gasteiger partial charge in [-0.15, -0.1) is 0 Å². The van der Waals surface area contributed by atoms with Crippen LogP contribution in [0.1, 0.15) is 73.1 Å². The number of aliphatic hydroxyl groups is 2. The van der Waals surface area contributed by atoms with E-state index in [4.69, 9.17) is 4.74 Å². The molecular formula is C20H34O3. The van der Waals surface area contributed by atoms with Crippen LogP contribution in [0.15, 0.2) is 11.6 Å². The third-order valence-electron chi connectivity index (χ3n) is 6.17. The normalized spacial score (nSPS) is 41.7. The van der Waals surface area contributed by atoms with Crippen molar-refractivity contribution in [2.75, 3.05) is 0 Å².